The molecule has 1 aromatic heterocycles. The van der Waals surface area contributed by atoms with Gasteiger partial charge in [-0.1, -0.05) is 17.3 Å². The van der Waals surface area contributed by atoms with Crippen molar-refractivity contribution in [2.75, 3.05) is 5.32 Å². The van der Waals surface area contributed by atoms with Gasteiger partial charge in [0.1, 0.15) is 23.9 Å². The molecule has 0 unspecified atom stereocenters. The Morgan fingerprint density at radius 3 is 2.43 bits per heavy atom. The largest absolute Gasteiger partial charge is 0.489 e. The second kappa shape index (κ2) is 8.94. The van der Waals surface area contributed by atoms with E-state index in [4.69, 9.17) is 9.26 Å². The Morgan fingerprint density at radius 1 is 1.07 bits per heavy atom. The zero-order valence-corrected chi connectivity index (χ0v) is 17.1. The lowest BCUT2D eigenvalue weighted by Crippen LogP contribution is -2.17. The number of anilines is 1. The maximum absolute atomic E-state index is 12.8. The number of ether oxygens (including phenoxy) is 2. The Kier molecular flexibility index (Phi) is 6.34. The number of nitrogens with zero attached hydrogens (tertiary/aromatic N) is 1. The molecular weight excluding hydrogens is 394 g/mol. The Hall–Kier alpha value is -3.42. The molecule has 3 rings (SSSR count). The number of aryl methyl sites for hydroxylation is 4. The fourth-order valence-electron chi connectivity index (χ4n) is 3.03. The summed E-state index contributed by atoms with van der Waals surface area (Å²) in [6, 6.07) is 10.3. The molecule has 0 atom stereocenters. The number of nitrogens with one attached hydrogen (secondary N) is 1. The summed E-state index contributed by atoms with van der Waals surface area (Å²) < 4.78 is 40.8. The van der Waals surface area contributed by atoms with Crippen LogP contribution in [0.5, 0.6) is 11.5 Å². The monoisotopic (exact) mass is 416 g/mol. The Labute approximate surface area is 172 Å². The Morgan fingerprint density at radius 2 is 1.77 bits per heavy atom. The van der Waals surface area contributed by atoms with Gasteiger partial charge in [-0.2, -0.15) is 8.78 Å². The van der Waals surface area contributed by atoms with Gasteiger partial charge in [-0.05, 0) is 68.7 Å². The number of rotatable bonds is 7. The van der Waals surface area contributed by atoms with Crippen LogP contribution in [0.25, 0.3) is 0 Å². The fourth-order valence-corrected chi connectivity index (χ4v) is 3.03. The first-order valence-electron chi connectivity index (χ1n) is 9.26. The third kappa shape index (κ3) is 5.14. The molecule has 0 fully saturated rings. The lowest BCUT2D eigenvalue weighted by Gasteiger charge is -2.13. The van der Waals surface area contributed by atoms with Crippen molar-refractivity contribution in [2.24, 2.45) is 0 Å². The topological polar surface area (TPSA) is 73.6 Å². The van der Waals surface area contributed by atoms with Crippen LogP contribution in [-0.4, -0.2) is 17.7 Å². The van der Waals surface area contributed by atoms with Gasteiger partial charge in [0.15, 0.2) is 5.69 Å². The number of carbonyl (C=O) groups excluding carboxylic acids is 1. The number of hydrogen-bond acceptors (Lipinski definition) is 5. The second-order valence-corrected chi connectivity index (χ2v) is 7.01. The number of halogens is 2. The molecule has 0 aliphatic heterocycles. The standard InChI is InChI=1S/C22H22F2N2O4/c1-12-5-6-19(29-22(23)24)18(10-12)25-21(27)20-17(15(4)30-26-20)11-28-16-8-13(2)7-14(3)9-16/h5-10,22H,11H2,1-4H3,(H,25,27). The van der Waals surface area contributed by atoms with Crippen LogP contribution in [-0.2, 0) is 6.61 Å². The highest BCUT2D eigenvalue weighted by Crippen LogP contribution is 2.28. The number of hydrogen-bond donors (Lipinski definition) is 1. The van der Waals surface area contributed by atoms with Gasteiger partial charge in [-0.3, -0.25) is 4.79 Å². The molecule has 3 aromatic rings. The average molecular weight is 416 g/mol. The first-order valence-corrected chi connectivity index (χ1v) is 9.26. The van der Waals surface area contributed by atoms with Crippen LogP contribution in [0.15, 0.2) is 40.9 Å². The van der Waals surface area contributed by atoms with Crippen molar-refractivity contribution in [3.8, 4) is 11.5 Å². The highest BCUT2D eigenvalue weighted by molar-refractivity contribution is 6.04. The van der Waals surface area contributed by atoms with Crippen molar-refractivity contribution >= 4 is 11.6 Å². The van der Waals surface area contributed by atoms with Crippen LogP contribution in [0.4, 0.5) is 14.5 Å². The van der Waals surface area contributed by atoms with E-state index >= 15 is 0 Å². The van der Waals surface area contributed by atoms with E-state index in [-0.39, 0.29) is 23.7 Å². The molecular formula is C22H22F2N2O4. The first kappa shape index (κ1) is 21.3. The normalized spacial score (nSPS) is 10.9. The summed E-state index contributed by atoms with van der Waals surface area (Å²) in [6.45, 7) is 4.41. The van der Waals surface area contributed by atoms with Gasteiger partial charge < -0.3 is 19.3 Å². The molecule has 0 saturated carbocycles. The number of amides is 1. The van der Waals surface area contributed by atoms with Crippen molar-refractivity contribution in [2.45, 2.75) is 40.9 Å². The van der Waals surface area contributed by atoms with Gasteiger partial charge in [0.2, 0.25) is 0 Å². The molecule has 1 heterocycles. The molecule has 0 aliphatic carbocycles. The van der Waals surface area contributed by atoms with Crippen LogP contribution >= 0.6 is 0 Å². The summed E-state index contributed by atoms with van der Waals surface area (Å²) >= 11 is 0. The molecule has 0 bridgehead atoms. The average Bonchev–Trinajstić information content (AvgIpc) is 3.02. The number of aromatic nitrogens is 1. The smallest absolute Gasteiger partial charge is 0.387 e. The molecule has 0 radical (unpaired) electrons. The van der Waals surface area contributed by atoms with E-state index in [1.165, 1.54) is 12.1 Å². The van der Waals surface area contributed by atoms with Gasteiger partial charge in [-0.15, -0.1) is 0 Å². The summed E-state index contributed by atoms with van der Waals surface area (Å²) in [5.41, 5.74) is 3.47. The van der Waals surface area contributed by atoms with Crippen molar-refractivity contribution in [3.63, 3.8) is 0 Å². The van der Waals surface area contributed by atoms with E-state index < -0.39 is 12.5 Å². The van der Waals surface area contributed by atoms with E-state index in [1.54, 1.807) is 19.9 Å². The lowest BCUT2D eigenvalue weighted by atomic mass is 10.1. The predicted molar refractivity (Wildman–Crippen MR) is 107 cm³/mol. The second-order valence-electron chi connectivity index (χ2n) is 7.01. The molecule has 8 heteroatoms. The van der Waals surface area contributed by atoms with Gasteiger partial charge in [0.05, 0.1) is 11.3 Å². The van der Waals surface area contributed by atoms with Gasteiger partial charge in [0, 0.05) is 0 Å². The van der Waals surface area contributed by atoms with Crippen molar-refractivity contribution in [1.29, 1.82) is 0 Å². The van der Waals surface area contributed by atoms with Crippen LogP contribution in [0, 0.1) is 27.7 Å². The summed E-state index contributed by atoms with van der Waals surface area (Å²) in [5.74, 6) is 0.330. The minimum Gasteiger partial charge on any atom is -0.489 e. The molecule has 1 amide bonds. The zero-order chi connectivity index (χ0) is 21.8. The SMILES string of the molecule is Cc1cc(C)cc(OCc2c(C(=O)Nc3cc(C)ccc3OC(F)F)noc2C)c1. The summed E-state index contributed by atoms with van der Waals surface area (Å²) in [7, 11) is 0. The predicted octanol–water partition coefficient (Wildman–Crippen LogP) is 5.34. The lowest BCUT2D eigenvalue weighted by molar-refractivity contribution is -0.0493. The number of alkyl halides is 2. The maximum Gasteiger partial charge on any atom is 0.387 e. The highest BCUT2D eigenvalue weighted by Gasteiger charge is 2.22. The quantitative estimate of drug-likeness (QED) is 0.563. The highest BCUT2D eigenvalue weighted by atomic mass is 19.3. The summed E-state index contributed by atoms with van der Waals surface area (Å²) in [5, 5.41) is 6.38. The van der Waals surface area contributed by atoms with E-state index in [0.29, 0.717) is 17.1 Å². The summed E-state index contributed by atoms with van der Waals surface area (Å²) in [4.78, 5) is 12.8. The zero-order valence-electron chi connectivity index (χ0n) is 17.1. The molecule has 0 saturated heterocycles. The van der Waals surface area contributed by atoms with E-state index in [0.717, 1.165) is 16.7 Å². The minimum absolute atomic E-state index is 0.0152. The Balaban J connectivity index is 1.80. The van der Waals surface area contributed by atoms with Crippen molar-refractivity contribution in [1.82, 2.24) is 5.16 Å². The van der Waals surface area contributed by atoms with Gasteiger partial charge >= 0.3 is 6.61 Å². The molecule has 1 N–H and O–H groups in total. The number of benzene rings is 2. The Bertz CT molecular complexity index is 1040. The molecule has 6 nitrogen and oxygen atoms in total. The maximum atomic E-state index is 12.8. The third-order valence-corrected chi connectivity index (χ3v) is 4.38. The van der Waals surface area contributed by atoms with Crippen LogP contribution in [0.1, 0.15) is 38.5 Å². The number of carbonyl (C=O) groups is 1. The third-order valence-electron chi connectivity index (χ3n) is 4.38. The fraction of sp³-hybridized carbons (Fsp3) is 0.273. The molecule has 0 aliphatic rings. The van der Waals surface area contributed by atoms with Crippen LogP contribution < -0.4 is 14.8 Å². The van der Waals surface area contributed by atoms with Crippen molar-refractivity contribution in [3.05, 3.63) is 70.1 Å². The van der Waals surface area contributed by atoms with Crippen LogP contribution in [0.3, 0.4) is 0 Å². The summed E-state index contributed by atoms with van der Waals surface area (Å²) in [6.07, 6.45) is 0. The molecule has 30 heavy (non-hydrogen) atoms. The van der Waals surface area contributed by atoms with Gasteiger partial charge in [0.25, 0.3) is 5.91 Å². The molecule has 158 valence electrons. The van der Waals surface area contributed by atoms with E-state index in [2.05, 4.69) is 15.2 Å². The first-order chi connectivity index (χ1) is 14.2. The van der Waals surface area contributed by atoms with E-state index in [9.17, 15) is 13.6 Å². The van der Waals surface area contributed by atoms with Gasteiger partial charge in [-0.25, -0.2) is 0 Å². The van der Waals surface area contributed by atoms with E-state index in [1.807, 2.05) is 32.0 Å². The molecule has 0 spiro atoms. The van der Waals surface area contributed by atoms with Crippen molar-refractivity contribution < 1.29 is 27.6 Å². The minimum atomic E-state index is -3.01. The van der Waals surface area contributed by atoms with Crippen LogP contribution in [0.2, 0.25) is 0 Å². The molecule has 2 aromatic carbocycles.